The maximum Gasteiger partial charge on any atom is 0.523 e. The summed E-state index contributed by atoms with van der Waals surface area (Å²) in [7, 11) is -5.90. The predicted molar refractivity (Wildman–Crippen MR) is 128 cm³/mol. The topological polar surface area (TPSA) is 121 Å². The number of carbonyl (C=O) groups excluding carboxylic acids is 1. The normalized spacial score (nSPS) is 13.4. The molecule has 0 aliphatic heterocycles. The number of hydrogen-bond acceptors (Lipinski definition) is 8. The number of carbonyl (C=O) groups is 1. The van der Waals surface area contributed by atoms with Gasteiger partial charge in [0.2, 0.25) is 0 Å². The monoisotopic (exact) mass is 562 g/mol. The lowest BCUT2D eigenvalue weighted by atomic mass is 10.0. The number of alkyl halides is 4. The van der Waals surface area contributed by atoms with Crippen LogP contribution in [0.3, 0.4) is 0 Å². The molecule has 38 heavy (non-hydrogen) atoms. The number of fused-ring (bicyclic) bond motifs is 1. The smallest absolute Gasteiger partial charge is 0.489 e. The number of aryl methyl sites for hydroxylation is 1. The van der Waals surface area contributed by atoms with E-state index in [1.807, 2.05) is 19.1 Å². The van der Waals surface area contributed by atoms with Crippen LogP contribution in [-0.4, -0.2) is 59.6 Å². The molecule has 1 unspecified atom stereocenters. The molecule has 0 saturated heterocycles. The molecular weight excluding hydrogens is 536 g/mol. The molecule has 0 spiro atoms. The van der Waals surface area contributed by atoms with E-state index in [0.29, 0.717) is 11.2 Å². The lowest BCUT2D eigenvalue weighted by Crippen LogP contribution is -2.32. The third-order valence-corrected chi connectivity index (χ3v) is 5.95. The van der Waals surface area contributed by atoms with E-state index in [2.05, 4.69) is 19.6 Å². The van der Waals surface area contributed by atoms with Gasteiger partial charge in [0.25, 0.3) is 0 Å². The van der Waals surface area contributed by atoms with Crippen molar-refractivity contribution < 1.29 is 44.4 Å². The number of ether oxygens (including phenoxy) is 2. The van der Waals surface area contributed by atoms with Gasteiger partial charge in [0.05, 0.1) is 17.4 Å². The van der Waals surface area contributed by atoms with Crippen LogP contribution >= 0.6 is 0 Å². The van der Waals surface area contributed by atoms with Gasteiger partial charge < -0.3 is 14.8 Å². The van der Waals surface area contributed by atoms with Gasteiger partial charge in [-0.3, -0.25) is 4.18 Å². The first-order valence-electron chi connectivity index (χ1n) is 11.2. The first-order valence-corrected chi connectivity index (χ1v) is 12.6. The second kappa shape index (κ2) is 11.1. The van der Waals surface area contributed by atoms with Crippen molar-refractivity contribution in [1.82, 2.24) is 19.9 Å². The Morgan fingerprint density at radius 2 is 1.87 bits per heavy atom. The van der Waals surface area contributed by atoms with E-state index in [4.69, 9.17) is 9.47 Å². The van der Waals surface area contributed by atoms with Crippen LogP contribution in [-0.2, 0) is 25.6 Å². The number of alkyl carbamates (subject to hydrolysis) is 1. The molecule has 0 aliphatic rings. The number of aromatic nitrogens is 3. The zero-order valence-corrected chi connectivity index (χ0v) is 21.7. The molecule has 0 radical (unpaired) electrons. The predicted octanol–water partition coefficient (Wildman–Crippen LogP) is 4.31. The number of nitrogens with one attached hydrogen (secondary N) is 1. The lowest BCUT2D eigenvalue weighted by molar-refractivity contribution is -0.0557. The molecule has 3 rings (SSSR count). The molecule has 0 saturated carbocycles. The second-order valence-electron chi connectivity index (χ2n) is 9.20. The highest BCUT2D eigenvalue weighted by Crippen LogP contribution is 2.28. The fourth-order valence-corrected chi connectivity index (χ4v) is 3.66. The van der Waals surface area contributed by atoms with Crippen LogP contribution in [0.15, 0.2) is 36.8 Å². The molecule has 208 valence electrons. The quantitative estimate of drug-likeness (QED) is 0.233. The van der Waals surface area contributed by atoms with Gasteiger partial charge in [0.1, 0.15) is 30.9 Å². The number of nitrogens with zero attached hydrogens (tertiary/aromatic N) is 3. The molecule has 3 aromatic rings. The minimum atomic E-state index is -5.90. The zero-order chi connectivity index (χ0) is 28.3. The first kappa shape index (κ1) is 29.1. The van der Waals surface area contributed by atoms with Gasteiger partial charge in [-0.05, 0) is 44.9 Å². The zero-order valence-electron chi connectivity index (χ0n) is 20.9. The standard InChI is InChI=1S/C23H26F4N4O6S/c1-14-7-15(5-6-16(14)9-28-21(32)37-22(2,3)4)20-19-8-18(10-31(19)30-13-29-20)35-11-17(24)12-36-38(33,34)23(25,26)27/h5-8,10,13,17H,9,11-12H2,1-4H3,(H,28,32). The maximum atomic E-state index is 13.9. The molecule has 10 nitrogen and oxygen atoms in total. The van der Waals surface area contributed by atoms with Crippen molar-refractivity contribution in [3.63, 3.8) is 0 Å². The second-order valence-corrected chi connectivity index (χ2v) is 10.8. The van der Waals surface area contributed by atoms with Crippen LogP contribution in [0.1, 0.15) is 31.9 Å². The summed E-state index contributed by atoms with van der Waals surface area (Å²) >= 11 is 0. The highest BCUT2D eigenvalue weighted by atomic mass is 32.2. The largest absolute Gasteiger partial charge is 0.523 e. The number of halogens is 4. The van der Waals surface area contributed by atoms with Crippen molar-refractivity contribution in [1.29, 1.82) is 0 Å². The van der Waals surface area contributed by atoms with Crippen molar-refractivity contribution in [2.24, 2.45) is 0 Å². The Kier molecular flexibility index (Phi) is 8.51. The summed E-state index contributed by atoms with van der Waals surface area (Å²) in [6, 6.07) is 6.98. The molecule has 2 aromatic heterocycles. The summed E-state index contributed by atoms with van der Waals surface area (Å²) in [6.07, 6.45) is 0.0214. The Hall–Kier alpha value is -3.46. The van der Waals surface area contributed by atoms with Crippen molar-refractivity contribution in [2.45, 2.75) is 51.5 Å². The van der Waals surface area contributed by atoms with Crippen LogP contribution in [0.25, 0.3) is 16.8 Å². The number of benzene rings is 1. The van der Waals surface area contributed by atoms with Gasteiger partial charge in [0, 0.05) is 18.2 Å². The molecule has 1 atom stereocenters. The van der Waals surface area contributed by atoms with E-state index < -0.39 is 46.7 Å². The molecule has 1 amide bonds. The molecule has 0 aliphatic carbocycles. The SMILES string of the molecule is Cc1cc(-c2ncnn3cc(OCC(F)COS(=O)(=O)C(F)(F)F)cc23)ccc1CNC(=O)OC(C)(C)C. The fraction of sp³-hybridized carbons (Fsp3) is 0.435. The minimum absolute atomic E-state index is 0.128. The Morgan fingerprint density at radius 3 is 2.50 bits per heavy atom. The number of amides is 1. The highest BCUT2D eigenvalue weighted by molar-refractivity contribution is 7.87. The van der Waals surface area contributed by atoms with Crippen LogP contribution in [0.2, 0.25) is 0 Å². The van der Waals surface area contributed by atoms with E-state index in [9.17, 15) is 30.8 Å². The van der Waals surface area contributed by atoms with E-state index in [1.165, 1.54) is 23.1 Å². The summed E-state index contributed by atoms with van der Waals surface area (Å²) in [5.41, 5.74) is -2.81. The Bertz CT molecular complexity index is 1400. The summed E-state index contributed by atoms with van der Waals surface area (Å²) in [4.78, 5) is 16.2. The Labute approximate surface area is 216 Å². The Morgan fingerprint density at radius 1 is 1.16 bits per heavy atom. The summed E-state index contributed by atoms with van der Waals surface area (Å²) in [5, 5.41) is 6.77. The molecule has 1 N–H and O–H groups in total. The van der Waals surface area contributed by atoms with Gasteiger partial charge in [-0.1, -0.05) is 12.1 Å². The van der Waals surface area contributed by atoms with Crippen LogP contribution in [0.5, 0.6) is 5.75 Å². The molecule has 1 aromatic carbocycles. The molecular formula is C23H26F4N4O6S. The highest BCUT2D eigenvalue weighted by Gasteiger charge is 2.47. The van der Waals surface area contributed by atoms with Crippen molar-refractivity contribution in [3.8, 4) is 17.0 Å². The van der Waals surface area contributed by atoms with Gasteiger partial charge in [-0.15, -0.1) is 0 Å². The fourth-order valence-electron chi connectivity index (χ4n) is 3.20. The van der Waals surface area contributed by atoms with Crippen molar-refractivity contribution in [3.05, 3.63) is 47.9 Å². The first-order chi connectivity index (χ1) is 17.6. The summed E-state index contributed by atoms with van der Waals surface area (Å²) in [5.74, 6) is 0.128. The number of hydrogen-bond donors (Lipinski definition) is 1. The van der Waals surface area contributed by atoms with Gasteiger partial charge in [-0.25, -0.2) is 18.7 Å². The van der Waals surface area contributed by atoms with Gasteiger partial charge >= 0.3 is 21.7 Å². The van der Waals surface area contributed by atoms with Gasteiger partial charge in [-0.2, -0.15) is 26.7 Å². The average Bonchev–Trinajstić information content (AvgIpc) is 3.22. The van der Waals surface area contributed by atoms with E-state index in [1.54, 1.807) is 26.8 Å². The third-order valence-electron chi connectivity index (χ3n) is 4.94. The summed E-state index contributed by atoms with van der Waals surface area (Å²) < 4.78 is 88.2. The number of rotatable bonds is 9. The lowest BCUT2D eigenvalue weighted by Gasteiger charge is -2.20. The van der Waals surface area contributed by atoms with Crippen LogP contribution in [0, 0.1) is 6.92 Å². The Balaban J connectivity index is 1.68. The van der Waals surface area contributed by atoms with E-state index in [0.717, 1.165) is 16.7 Å². The molecule has 2 heterocycles. The van der Waals surface area contributed by atoms with Crippen LogP contribution in [0.4, 0.5) is 22.4 Å². The molecule has 15 heteroatoms. The van der Waals surface area contributed by atoms with Crippen molar-refractivity contribution >= 4 is 21.7 Å². The molecule has 0 bridgehead atoms. The summed E-state index contributed by atoms with van der Waals surface area (Å²) in [6.45, 7) is 5.30. The average molecular weight is 563 g/mol. The minimum Gasteiger partial charge on any atom is -0.489 e. The molecule has 0 fully saturated rings. The van der Waals surface area contributed by atoms with E-state index >= 15 is 0 Å². The third kappa shape index (κ3) is 7.54. The maximum absolute atomic E-state index is 13.9. The van der Waals surface area contributed by atoms with Crippen molar-refractivity contribution in [2.75, 3.05) is 13.2 Å². The van der Waals surface area contributed by atoms with Crippen LogP contribution < -0.4 is 10.1 Å². The van der Waals surface area contributed by atoms with E-state index in [-0.39, 0.29) is 12.3 Å². The van der Waals surface area contributed by atoms with Gasteiger partial charge in [0.15, 0.2) is 6.17 Å².